The molecule has 0 aliphatic carbocycles. The summed E-state index contributed by atoms with van der Waals surface area (Å²) in [6.07, 6.45) is 3.00. The second kappa shape index (κ2) is 5.50. The molecule has 1 heterocycles. The number of carboxylic acids is 1. The van der Waals surface area contributed by atoms with E-state index in [4.69, 9.17) is 5.11 Å². The lowest BCUT2D eigenvalue weighted by atomic mass is 10.2. The number of aromatic carboxylic acids is 1. The first-order chi connectivity index (χ1) is 8.27. The van der Waals surface area contributed by atoms with Crippen LogP contribution in [0.3, 0.4) is 0 Å². The molecule has 1 N–H and O–H groups in total. The van der Waals surface area contributed by atoms with Crippen molar-refractivity contribution in [1.82, 2.24) is 4.98 Å². The van der Waals surface area contributed by atoms with Gasteiger partial charge in [-0.15, -0.1) is 11.8 Å². The Kier molecular flexibility index (Phi) is 3.77. The molecule has 3 nitrogen and oxygen atoms in total. The predicted octanol–water partition coefficient (Wildman–Crippen LogP) is 3.07. The number of pyridine rings is 1. The van der Waals surface area contributed by atoms with Gasteiger partial charge in [0.25, 0.3) is 0 Å². The first-order valence-electron chi connectivity index (χ1n) is 5.11. The fourth-order valence-corrected chi connectivity index (χ4v) is 2.37. The van der Waals surface area contributed by atoms with Crippen LogP contribution >= 0.6 is 11.8 Å². The summed E-state index contributed by atoms with van der Waals surface area (Å²) in [7, 11) is 0. The van der Waals surface area contributed by atoms with Gasteiger partial charge in [-0.2, -0.15) is 0 Å². The Hall–Kier alpha value is -1.81. The molecule has 0 fully saturated rings. The molecule has 0 spiro atoms. The number of carbonyl (C=O) groups is 1. The van der Waals surface area contributed by atoms with Gasteiger partial charge in [-0.05, 0) is 11.6 Å². The van der Waals surface area contributed by atoms with Gasteiger partial charge in [0.1, 0.15) is 0 Å². The van der Waals surface area contributed by atoms with Crippen molar-refractivity contribution in [3.05, 3.63) is 59.9 Å². The fraction of sp³-hybridized carbons (Fsp3) is 0.0769. The maximum atomic E-state index is 11.0. The number of hydrogen-bond donors (Lipinski definition) is 1. The van der Waals surface area contributed by atoms with E-state index >= 15 is 0 Å². The topological polar surface area (TPSA) is 50.2 Å². The molecule has 4 heteroatoms. The SMILES string of the molecule is O=C(O)c1cnccc1SCc1ccccc1. The molecule has 0 aliphatic heterocycles. The molecule has 1 aromatic heterocycles. The number of nitrogens with zero attached hydrogens (tertiary/aromatic N) is 1. The van der Waals surface area contributed by atoms with E-state index < -0.39 is 5.97 Å². The van der Waals surface area contributed by atoms with Crippen molar-refractivity contribution in [1.29, 1.82) is 0 Å². The van der Waals surface area contributed by atoms with Crippen LogP contribution in [0, 0.1) is 0 Å². The van der Waals surface area contributed by atoms with Crippen LogP contribution in [0.5, 0.6) is 0 Å². The minimum atomic E-state index is -0.936. The zero-order chi connectivity index (χ0) is 12.1. The molecule has 0 saturated heterocycles. The summed E-state index contributed by atoms with van der Waals surface area (Å²) < 4.78 is 0. The third-order valence-corrected chi connectivity index (χ3v) is 3.39. The lowest BCUT2D eigenvalue weighted by molar-refractivity contribution is 0.0692. The Bertz CT molecular complexity index is 514. The normalized spacial score (nSPS) is 10.1. The van der Waals surface area contributed by atoms with Gasteiger partial charge in [-0.3, -0.25) is 4.98 Å². The quantitative estimate of drug-likeness (QED) is 0.841. The van der Waals surface area contributed by atoms with E-state index in [1.807, 2.05) is 30.3 Å². The number of aromatic nitrogens is 1. The Morgan fingerprint density at radius 2 is 2.00 bits per heavy atom. The second-order valence-corrected chi connectivity index (χ2v) is 4.47. The fourth-order valence-electron chi connectivity index (χ4n) is 1.40. The molecule has 0 atom stereocenters. The van der Waals surface area contributed by atoms with Gasteiger partial charge in [-0.1, -0.05) is 30.3 Å². The molecular formula is C13H11NO2S. The van der Waals surface area contributed by atoms with Crippen molar-refractivity contribution in [2.75, 3.05) is 0 Å². The summed E-state index contributed by atoms with van der Waals surface area (Å²) in [5, 5.41) is 9.01. The average Bonchev–Trinajstić information content (AvgIpc) is 2.38. The van der Waals surface area contributed by atoms with Gasteiger partial charge >= 0.3 is 5.97 Å². The van der Waals surface area contributed by atoms with Gasteiger partial charge in [0.15, 0.2) is 0 Å². The third-order valence-electron chi connectivity index (χ3n) is 2.25. The highest BCUT2D eigenvalue weighted by Gasteiger charge is 2.09. The Morgan fingerprint density at radius 1 is 1.24 bits per heavy atom. The zero-order valence-electron chi connectivity index (χ0n) is 9.04. The summed E-state index contributed by atoms with van der Waals surface area (Å²) in [6, 6.07) is 11.7. The van der Waals surface area contributed by atoms with E-state index in [2.05, 4.69) is 4.98 Å². The van der Waals surface area contributed by atoms with Crippen LogP contribution in [-0.4, -0.2) is 16.1 Å². The molecule has 0 aliphatic rings. The minimum absolute atomic E-state index is 0.258. The number of carboxylic acid groups (broad SMARTS) is 1. The van der Waals surface area contributed by atoms with Crippen molar-refractivity contribution in [2.24, 2.45) is 0 Å². The van der Waals surface area contributed by atoms with E-state index in [1.54, 1.807) is 12.3 Å². The van der Waals surface area contributed by atoms with Crippen LogP contribution in [0.2, 0.25) is 0 Å². The summed E-state index contributed by atoms with van der Waals surface area (Å²) in [5.74, 6) is -0.181. The molecule has 2 aromatic rings. The lowest BCUT2D eigenvalue weighted by Gasteiger charge is -2.04. The number of benzene rings is 1. The highest BCUT2D eigenvalue weighted by molar-refractivity contribution is 7.98. The molecule has 0 amide bonds. The number of hydrogen-bond acceptors (Lipinski definition) is 3. The summed E-state index contributed by atoms with van der Waals surface area (Å²) >= 11 is 1.51. The van der Waals surface area contributed by atoms with E-state index in [9.17, 15) is 4.79 Å². The maximum absolute atomic E-state index is 11.0. The van der Waals surface area contributed by atoms with Gasteiger partial charge in [0.05, 0.1) is 5.56 Å². The van der Waals surface area contributed by atoms with Crippen LogP contribution in [0.4, 0.5) is 0 Å². The molecule has 0 radical (unpaired) electrons. The van der Waals surface area contributed by atoms with Crippen LogP contribution in [0.1, 0.15) is 15.9 Å². The van der Waals surface area contributed by atoms with E-state index in [0.29, 0.717) is 0 Å². The largest absolute Gasteiger partial charge is 0.478 e. The van der Waals surface area contributed by atoms with Crippen molar-refractivity contribution < 1.29 is 9.90 Å². The zero-order valence-corrected chi connectivity index (χ0v) is 9.85. The van der Waals surface area contributed by atoms with Gasteiger partial charge in [0.2, 0.25) is 0 Å². The van der Waals surface area contributed by atoms with E-state index in [1.165, 1.54) is 23.5 Å². The number of rotatable bonds is 4. The first-order valence-corrected chi connectivity index (χ1v) is 6.10. The van der Waals surface area contributed by atoms with Crippen LogP contribution < -0.4 is 0 Å². The standard InChI is InChI=1S/C13H11NO2S/c15-13(16)11-8-14-7-6-12(11)17-9-10-4-2-1-3-5-10/h1-8H,9H2,(H,15,16). The first kappa shape index (κ1) is 11.7. The van der Waals surface area contributed by atoms with Crippen LogP contribution in [-0.2, 0) is 5.75 Å². The molecule has 0 bridgehead atoms. The van der Waals surface area contributed by atoms with Crippen molar-refractivity contribution in [2.45, 2.75) is 10.6 Å². The van der Waals surface area contributed by atoms with Crippen molar-refractivity contribution in [3.8, 4) is 0 Å². The maximum Gasteiger partial charge on any atom is 0.338 e. The molecule has 0 unspecified atom stereocenters. The highest BCUT2D eigenvalue weighted by atomic mass is 32.2. The van der Waals surface area contributed by atoms with Gasteiger partial charge in [-0.25, -0.2) is 4.79 Å². The Labute approximate surface area is 104 Å². The van der Waals surface area contributed by atoms with Gasteiger partial charge in [0, 0.05) is 23.0 Å². The summed E-state index contributed by atoms with van der Waals surface area (Å²) in [4.78, 5) is 15.6. The molecule has 0 saturated carbocycles. The van der Waals surface area contributed by atoms with Crippen LogP contribution in [0.15, 0.2) is 53.7 Å². The molecule has 1 aromatic carbocycles. The van der Waals surface area contributed by atoms with E-state index in [0.717, 1.165) is 10.6 Å². The van der Waals surface area contributed by atoms with Crippen molar-refractivity contribution >= 4 is 17.7 Å². The van der Waals surface area contributed by atoms with Gasteiger partial charge < -0.3 is 5.11 Å². The number of thioether (sulfide) groups is 1. The third kappa shape index (κ3) is 3.07. The summed E-state index contributed by atoms with van der Waals surface area (Å²) in [6.45, 7) is 0. The molecule has 86 valence electrons. The van der Waals surface area contributed by atoms with Crippen molar-refractivity contribution in [3.63, 3.8) is 0 Å². The average molecular weight is 245 g/mol. The smallest absolute Gasteiger partial charge is 0.338 e. The highest BCUT2D eigenvalue weighted by Crippen LogP contribution is 2.25. The van der Waals surface area contributed by atoms with Crippen LogP contribution in [0.25, 0.3) is 0 Å². The van der Waals surface area contributed by atoms with E-state index in [-0.39, 0.29) is 5.56 Å². The molecule has 17 heavy (non-hydrogen) atoms. The minimum Gasteiger partial charge on any atom is -0.478 e. The summed E-state index contributed by atoms with van der Waals surface area (Å²) in [5.41, 5.74) is 1.43. The Balaban J connectivity index is 2.12. The Morgan fingerprint density at radius 3 is 2.71 bits per heavy atom. The molecule has 2 rings (SSSR count). The lowest BCUT2D eigenvalue weighted by Crippen LogP contribution is -1.99. The monoisotopic (exact) mass is 245 g/mol. The predicted molar refractivity (Wildman–Crippen MR) is 67.2 cm³/mol. The molecular weight excluding hydrogens is 234 g/mol. The second-order valence-electron chi connectivity index (χ2n) is 3.45.